The van der Waals surface area contributed by atoms with Crippen LogP contribution in [-0.2, 0) is 55.9 Å². The number of aliphatic hydroxyl groups excluding tert-OH is 1. The normalized spacial score (nSPS) is 25.8. The molecule has 2 fully saturated rings. The van der Waals surface area contributed by atoms with E-state index in [2.05, 4.69) is 40.4 Å². The van der Waals surface area contributed by atoms with E-state index in [-0.39, 0.29) is 44.4 Å². The van der Waals surface area contributed by atoms with Crippen molar-refractivity contribution in [2.75, 3.05) is 6.54 Å². The number of nitrogens with one attached hydrogen (secondary N) is 5. The van der Waals surface area contributed by atoms with Gasteiger partial charge in [-0.05, 0) is 54.9 Å². The molecule has 8 atom stereocenters. The number of phenolic OH excluding ortho intramolecular Hbond substituents is 1. The number of nitrogens with zero attached hydrogens (tertiary/aromatic N) is 1. The third-order valence-electron chi connectivity index (χ3n) is 11.3. The molecule has 0 bridgehead atoms. The van der Waals surface area contributed by atoms with E-state index in [1.165, 1.54) is 36.1 Å². The first-order chi connectivity index (χ1) is 30.3. The maximum Gasteiger partial charge on any atom is 0.329 e. The molecule has 18 nitrogen and oxygen atoms in total. The third kappa shape index (κ3) is 15.6. The van der Waals surface area contributed by atoms with Crippen LogP contribution < -0.4 is 32.3 Å². The molecule has 2 unspecified atom stereocenters. The highest BCUT2D eigenvalue weighted by Crippen LogP contribution is 2.22. The molecule has 64 heavy (non-hydrogen) atoms. The Hall–Kier alpha value is -6.04. The Kier molecular flexibility index (Phi) is 19.1. The van der Waals surface area contributed by atoms with Gasteiger partial charge in [0.1, 0.15) is 48.1 Å². The lowest BCUT2D eigenvalue weighted by molar-refractivity contribution is -0.155. The summed E-state index contributed by atoms with van der Waals surface area (Å²) in [7, 11) is 0. The van der Waals surface area contributed by atoms with Crippen LogP contribution in [0.2, 0.25) is 0 Å². The lowest BCUT2D eigenvalue weighted by Crippen LogP contribution is -2.60. The highest BCUT2D eigenvalue weighted by atomic mass is 16.5. The van der Waals surface area contributed by atoms with Gasteiger partial charge in [-0.1, -0.05) is 89.4 Å². The number of cyclic esters (lactones) is 1. The number of unbranched alkanes of at least 4 members (excludes halogenated alkanes) is 2. The number of hydrogen-bond donors (Lipinski definition) is 8. The van der Waals surface area contributed by atoms with Crippen molar-refractivity contribution in [2.45, 2.75) is 147 Å². The van der Waals surface area contributed by atoms with Gasteiger partial charge in [0.05, 0.1) is 18.9 Å². The minimum atomic E-state index is -1.62. The second-order valence-corrected chi connectivity index (χ2v) is 17.6. The summed E-state index contributed by atoms with van der Waals surface area (Å²) in [5.41, 5.74) is 6.70. The van der Waals surface area contributed by atoms with E-state index in [1.54, 1.807) is 44.2 Å². The number of hydrogen-bond acceptors (Lipinski definition) is 11. The quantitative estimate of drug-likeness (QED) is 0.104. The Labute approximate surface area is 374 Å². The Morgan fingerprint density at radius 3 is 2.05 bits per heavy atom. The molecule has 2 aromatic rings. The number of primary amides is 1. The first kappa shape index (κ1) is 50.6. The Bertz CT molecular complexity index is 1940. The van der Waals surface area contributed by atoms with Crippen molar-refractivity contribution in [1.29, 1.82) is 0 Å². The predicted molar refractivity (Wildman–Crippen MR) is 234 cm³/mol. The fourth-order valence-corrected chi connectivity index (χ4v) is 7.76. The maximum absolute atomic E-state index is 14.4. The molecule has 350 valence electrons. The monoisotopic (exact) mass is 891 g/mol. The molecule has 2 saturated heterocycles. The summed E-state index contributed by atoms with van der Waals surface area (Å²) in [5, 5.41) is 33.7. The Morgan fingerprint density at radius 2 is 1.41 bits per heavy atom. The molecule has 2 aliphatic heterocycles. The molecule has 2 aromatic carbocycles. The molecule has 0 aliphatic carbocycles. The van der Waals surface area contributed by atoms with E-state index < -0.39 is 108 Å². The summed E-state index contributed by atoms with van der Waals surface area (Å²) >= 11 is 0. The lowest BCUT2D eigenvalue weighted by atomic mass is 10.0. The summed E-state index contributed by atoms with van der Waals surface area (Å²) in [6.45, 7) is 8.60. The van der Waals surface area contributed by atoms with E-state index >= 15 is 0 Å². The molecular weight excluding hydrogens is 827 g/mol. The smallest absolute Gasteiger partial charge is 0.329 e. The molecule has 7 amide bonds. The molecule has 4 rings (SSSR count). The van der Waals surface area contributed by atoms with Crippen molar-refractivity contribution in [3.8, 4) is 5.75 Å². The fourth-order valence-electron chi connectivity index (χ4n) is 7.76. The van der Waals surface area contributed by atoms with Gasteiger partial charge < -0.3 is 52.2 Å². The van der Waals surface area contributed by atoms with E-state index in [4.69, 9.17) is 10.5 Å². The van der Waals surface area contributed by atoms with Crippen molar-refractivity contribution in [1.82, 2.24) is 31.5 Å². The van der Waals surface area contributed by atoms with Crippen molar-refractivity contribution >= 4 is 47.3 Å². The molecule has 9 N–H and O–H groups in total. The highest BCUT2D eigenvalue weighted by molar-refractivity contribution is 5.98. The maximum atomic E-state index is 14.4. The molecule has 18 heteroatoms. The second-order valence-electron chi connectivity index (χ2n) is 17.6. The van der Waals surface area contributed by atoms with Crippen molar-refractivity contribution in [2.24, 2.45) is 17.6 Å². The van der Waals surface area contributed by atoms with Crippen molar-refractivity contribution < 1.29 is 53.3 Å². The number of carbonyl (C=O) groups excluding carboxylic acids is 8. The topological polar surface area (TPSA) is 276 Å². The predicted octanol–water partition coefficient (Wildman–Crippen LogP) is 1.04. The van der Waals surface area contributed by atoms with E-state index in [0.29, 0.717) is 23.5 Å². The van der Waals surface area contributed by atoms with E-state index in [0.717, 1.165) is 19.3 Å². The standard InChI is InChI=1S/C46H65N7O11/c1-26(2)12-8-6-11-15-33-23-39(57)49-35(20-29-13-9-7-10-14-29)45(62)53-25-32(55)22-37(53)43(60)48-28(5)41(58)52-40(27(3)4)44(61)50-34(24-38(47)56)42(59)51-36(46(63)64-33)21-30-16-18-31(54)19-17-30/h7,9-10,13-14,16-19,26-28,32-37,40,54-55H,6,8,11-12,15,20-25H2,1-5H3,(H2,47,56)(H,48,60)(H,49,57)(H,50,61)(H,51,59)(H,52,58)/t28-,32-,33?,34-,35+,36+,37?,40+/m1/s1. The average Bonchev–Trinajstić information content (AvgIpc) is 3.63. The van der Waals surface area contributed by atoms with Gasteiger partial charge in [-0.3, -0.25) is 33.6 Å². The number of amides is 7. The molecule has 2 heterocycles. The first-order valence-corrected chi connectivity index (χ1v) is 22.1. The zero-order chi connectivity index (χ0) is 47.1. The number of aromatic hydroxyl groups is 1. The largest absolute Gasteiger partial charge is 0.508 e. The SMILES string of the molecule is CC(C)CCCCCC1CC(=O)N[C@@H](Cc2ccccc2)C(=O)N2C[C@H](O)CC2C(=O)N[C@H](C)C(=O)N[C@@H](C(C)C)C(=O)N[C@H](CC(N)=O)C(=O)N[C@@H](Cc2ccc(O)cc2)C(=O)O1. The number of nitrogens with two attached hydrogens (primary N) is 1. The van der Waals surface area contributed by atoms with Crippen LogP contribution in [-0.4, -0.2) is 117 Å². The summed E-state index contributed by atoms with van der Waals surface area (Å²) in [6, 6.07) is 6.66. The number of phenols is 1. The van der Waals surface area contributed by atoms with E-state index in [9.17, 15) is 48.6 Å². The minimum Gasteiger partial charge on any atom is -0.508 e. The zero-order valence-electron chi connectivity index (χ0n) is 37.3. The van der Waals surface area contributed by atoms with Crippen LogP contribution in [0.4, 0.5) is 0 Å². The van der Waals surface area contributed by atoms with Crippen molar-refractivity contribution in [3.63, 3.8) is 0 Å². The van der Waals surface area contributed by atoms with Gasteiger partial charge in [0.25, 0.3) is 0 Å². The number of ether oxygens (including phenoxy) is 1. The molecule has 2 aliphatic rings. The van der Waals surface area contributed by atoms with Gasteiger partial charge in [0.2, 0.25) is 41.4 Å². The second kappa shape index (κ2) is 24.1. The van der Waals surface area contributed by atoms with Crippen LogP contribution in [0.5, 0.6) is 5.75 Å². The first-order valence-electron chi connectivity index (χ1n) is 22.1. The molecule has 0 saturated carbocycles. The minimum absolute atomic E-state index is 0.0106. The van der Waals surface area contributed by atoms with Gasteiger partial charge in [0.15, 0.2) is 0 Å². The number of fused-ring (bicyclic) bond motifs is 1. The summed E-state index contributed by atoms with van der Waals surface area (Å²) in [6.07, 6.45) is -0.0825. The Balaban J connectivity index is 1.77. The molecule has 0 spiro atoms. The van der Waals surface area contributed by atoms with E-state index in [1.807, 2.05) is 0 Å². The van der Waals surface area contributed by atoms with Crippen LogP contribution in [0.25, 0.3) is 0 Å². The summed E-state index contributed by atoms with van der Waals surface area (Å²) in [5.74, 6) is -6.75. The van der Waals surface area contributed by atoms with Crippen molar-refractivity contribution in [3.05, 3.63) is 65.7 Å². The lowest BCUT2D eigenvalue weighted by Gasteiger charge is -2.30. The number of esters is 1. The molecule has 0 radical (unpaired) electrons. The number of carbonyl (C=O) groups is 8. The summed E-state index contributed by atoms with van der Waals surface area (Å²) < 4.78 is 6.03. The number of rotatable bonds is 13. The van der Waals surface area contributed by atoms with Gasteiger partial charge in [-0.15, -0.1) is 0 Å². The van der Waals surface area contributed by atoms with Crippen LogP contribution >= 0.6 is 0 Å². The molecule has 0 aromatic heterocycles. The van der Waals surface area contributed by atoms with Crippen LogP contribution in [0.3, 0.4) is 0 Å². The number of benzene rings is 2. The highest BCUT2D eigenvalue weighted by Gasteiger charge is 2.43. The number of aliphatic hydroxyl groups is 1. The zero-order valence-corrected chi connectivity index (χ0v) is 37.3. The summed E-state index contributed by atoms with van der Waals surface area (Å²) in [4.78, 5) is 111. The third-order valence-corrected chi connectivity index (χ3v) is 11.3. The van der Waals surface area contributed by atoms with Gasteiger partial charge in [-0.2, -0.15) is 0 Å². The Morgan fingerprint density at radius 1 is 0.766 bits per heavy atom. The van der Waals surface area contributed by atoms with Crippen LogP contribution in [0.15, 0.2) is 54.6 Å². The average molecular weight is 892 g/mol. The van der Waals surface area contributed by atoms with Crippen LogP contribution in [0.1, 0.15) is 97.1 Å². The van der Waals surface area contributed by atoms with Gasteiger partial charge in [0, 0.05) is 25.8 Å². The fraction of sp³-hybridized carbons (Fsp3) is 0.565. The van der Waals surface area contributed by atoms with Gasteiger partial charge >= 0.3 is 5.97 Å². The van der Waals surface area contributed by atoms with Gasteiger partial charge in [-0.25, -0.2) is 4.79 Å². The molecular formula is C46H65N7O11. The van der Waals surface area contributed by atoms with Crippen LogP contribution in [0, 0.1) is 11.8 Å².